The summed E-state index contributed by atoms with van der Waals surface area (Å²) in [4.78, 5) is 16.4. The van der Waals surface area contributed by atoms with Crippen molar-refractivity contribution in [2.24, 2.45) is 5.41 Å². The second-order valence-corrected chi connectivity index (χ2v) is 10.3. The highest BCUT2D eigenvalue weighted by molar-refractivity contribution is 7.91. The smallest absolute Gasteiger partial charge is 0.407 e. The minimum Gasteiger partial charge on any atom is -0.465 e. The maximum atomic E-state index is 14.5. The number of aromatic nitrogens is 3. The molecule has 0 aliphatic heterocycles. The lowest BCUT2D eigenvalue weighted by Gasteiger charge is -2.27. The van der Waals surface area contributed by atoms with E-state index in [0.717, 1.165) is 40.0 Å². The second-order valence-electron chi connectivity index (χ2n) is 8.37. The van der Waals surface area contributed by atoms with Crippen molar-refractivity contribution in [3.63, 3.8) is 0 Å². The summed E-state index contributed by atoms with van der Waals surface area (Å²) in [6, 6.07) is 6.46. The first-order chi connectivity index (χ1) is 14.9. The second kappa shape index (κ2) is 8.65. The van der Waals surface area contributed by atoms with Gasteiger partial charge in [0.1, 0.15) is 17.3 Å². The first kappa shape index (κ1) is 23.3. The molecule has 2 heterocycles. The van der Waals surface area contributed by atoms with Crippen LogP contribution in [0.1, 0.15) is 26.5 Å². The normalized spacial score (nSPS) is 12.0. The highest BCUT2D eigenvalue weighted by Crippen LogP contribution is 2.27. The van der Waals surface area contributed by atoms with Crippen molar-refractivity contribution in [2.75, 3.05) is 6.54 Å². The van der Waals surface area contributed by atoms with E-state index in [1.807, 2.05) is 20.8 Å². The Labute approximate surface area is 184 Å². The third-order valence-electron chi connectivity index (χ3n) is 4.37. The first-order valence-electron chi connectivity index (χ1n) is 9.56. The Bertz CT molecular complexity index is 1240. The molecule has 1 amide bonds. The summed E-state index contributed by atoms with van der Waals surface area (Å²) in [5, 5.41) is 13.3. The molecule has 0 radical (unpaired) electrons. The van der Waals surface area contributed by atoms with E-state index in [4.69, 9.17) is 0 Å². The zero-order valence-corrected chi connectivity index (χ0v) is 18.5. The number of nitrogens with zero attached hydrogens (tertiary/aromatic N) is 4. The number of hydrogen-bond acceptors (Lipinski definition) is 5. The van der Waals surface area contributed by atoms with Crippen LogP contribution in [-0.4, -0.2) is 45.8 Å². The Morgan fingerprint density at radius 3 is 2.50 bits per heavy atom. The maximum absolute atomic E-state index is 14.5. The minimum atomic E-state index is -4.23. The van der Waals surface area contributed by atoms with Crippen molar-refractivity contribution in [3.05, 3.63) is 66.1 Å². The molecular weight excluding hydrogens is 442 g/mol. The number of pyridine rings is 1. The Balaban J connectivity index is 2.16. The van der Waals surface area contributed by atoms with Crippen LogP contribution in [0, 0.1) is 17.0 Å². The number of benzene rings is 1. The maximum Gasteiger partial charge on any atom is 0.407 e. The fraction of sp³-hybridized carbons (Fsp3) is 0.286. The molecule has 0 spiro atoms. The van der Waals surface area contributed by atoms with Gasteiger partial charge < -0.3 is 10.0 Å². The molecule has 11 heteroatoms. The predicted octanol–water partition coefficient (Wildman–Crippen LogP) is 3.90. The van der Waals surface area contributed by atoms with E-state index >= 15 is 0 Å². The van der Waals surface area contributed by atoms with E-state index in [-0.39, 0.29) is 29.1 Å². The van der Waals surface area contributed by atoms with Gasteiger partial charge in [-0.3, -0.25) is 4.98 Å². The molecule has 0 aliphatic rings. The molecule has 32 heavy (non-hydrogen) atoms. The van der Waals surface area contributed by atoms with Gasteiger partial charge in [-0.2, -0.15) is 5.10 Å². The summed E-state index contributed by atoms with van der Waals surface area (Å²) >= 11 is 0. The number of amides is 1. The first-order valence-corrected chi connectivity index (χ1v) is 11.0. The molecule has 0 fully saturated rings. The van der Waals surface area contributed by atoms with Gasteiger partial charge in [0.25, 0.3) is 0 Å². The van der Waals surface area contributed by atoms with Crippen molar-refractivity contribution in [2.45, 2.75) is 37.2 Å². The number of rotatable bonds is 6. The number of halogens is 2. The predicted molar refractivity (Wildman–Crippen MR) is 111 cm³/mol. The Morgan fingerprint density at radius 1 is 1.19 bits per heavy atom. The van der Waals surface area contributed by atoms with E-state index in [1.165, 1.54) is 18.3 Å². The van der Waals surface area contributed by atoms with Crippen LogP contribution in [0.3, 0.4) is 0 Å². The molecule has 1 N–H and O–H groups in total. The zero-order valence-electron chi connectivity index (χ0n) is 17.7. The summed E-state index contributed by atoms with van der Waals surface area (Å²) < 4.78 is 55.6. The van der Waals surface area contributed by atoms with Gasteiger partial charge in [0.05, 0.1) is 17.1 Å². The highest BCUT2D eigenvalue weighted by Gasteiger charge is 2.28. The Kier molecular flexibility index (Phi) is 6.31. The summed E-state index contributed by atoms with van der Waals surface area (Å²) in [6.45, 7) is 5.45. The summed E-state index contributed by atoms with van der Waals surface area (Å²) in [5.41, 5.74) is -0.737. The van der Waals surface area contributed by atoms with Crippen molar-refractivity contribution in [3.8, 4) is 5.69 Å². The van der Waals surface area contributed by atoms with Crippen molar-refractivity contribution >= 4 is 15.9 Å². The SMILES string of the molecule is CC(C)(C)CN(Cc1cc(S(=O)(=O)c2cccnc2)n(-c2cc(F)ccc2F)n1)C(=O)O. The van der Waals surface area contributed by atoms with E-state index in [0.29, 0.717) is 0 Å². The quantitative estimate of drug-likeness (QED) is 0.593. The van der Waals surface area contributed by atoms with E-state index < -0.39 is 38.3 Å². The van der Waals surface area contributed by atoms with Gasteiger partial charge in [-0.15, -0.1) is 0 Å². The third kappa shape index (κ3) is 5.10. The minimum absolute atomic E-state index is 0.0581. The molecule has 8 nitrogen and oxygen atoms in total. The van der Waals surface area contributed by atoms with Crippen LogP contribution in [0.5, 0.6) is 0 Å². The highest BCUT2D eigenvalue weighted by atomic mass is 32.2. The summed E-state index contributed by atoms with van der Waals surface area (Å²) in [7, 11) is -4.23. The molecule has 0 unspecified atom stereocenters. The van der Waals surface area contributed by atoms with E-state index in [1.54, 1.807) is 0 Å². The summed E-state index contributed by atoms with van der Waals surface area (Å²) in [5.74, 6) is -1.68. The van der Waals surface area contributed by atoms with E-state index in [2.05, 4.69) is 10.1 Å². The molecule has 0 bridgehead atoms. The molecule has 2 aromatic heterocycles. The molecule has 170 valence electrons. The zero-order chi connectivity index (χ0) is 23.7. The van der Waals surface area contributed by atoms with Crippen LogP contribution >= 0.6 is 0 Å². The average Bonchev–Trinajstić information content (AvgIpc) is 3.13. The number of hydrogen-bond donors (Lipinski definition) is 1. The van der Waals surface area contributed by atoms with Crippen molar-refractivity contribution in [1.82, 2.24) is 19.7 Å². The molecule has 0 atom stereocenters. The topological polar surface area (TPSA) is 105 Å². The van der Waals surface area contributed by atoms with Crippen molar-refractivity contribution in [1.29, 1.82) is 0 Å². The number of carbonyl (C=O) groups is 1. The van der Waals surface area contributed by atoms with Crippen LogP contribution in [0.15, 0.2) is 58.7 Å². The van der Waals surface area contributed by atoms with Gasteiger partial charge >= 0.3 is 6.09 Å². The fourth-order valence-corrected chi connectivity index (χ4v) is 4.44. The van der Waals surface area contributed by atoms with Crippen LogP contribution in [0.25, 0.3) is 5.69 Å². The van der Waals surface area contributed by atoms with Crippen LogP contribution < -0.4 is 0 Å². The molecule has 3 rings (SSSR count). The lowest BCUT2D eigenvalue weighted by molar-refractivity contribution is 0.122. The van der Waals surface area contributed by atoms with Crippen LogP contribution in [0.2, 0.25) is 0 Å². The standard InChI is InChI=1S/C21H22F2N4O4S/c1-21(2,3)13-26(20(28)29)12-15-10-19(32(30,31)16-5-4-8-24-11-16)27(25-15)18-9-14(22)6-7-17(18)23/h4-11H,12-13H2,1-3H3,(H,28,29). The average molecular weight is 464 g/mol. The van der Waals surface area contributed by atoms with Crippen molar-refractivity contribution < 1.29 is 27.1 Å². The van der Waals surface area contributed by atoms with Gasteiger partial charge in [0.15, 0.2) is 5.03 Å². The fourth-order valence-electron chi connectivity index (χ4n) is 3.09. The number of sulfone groups is 1. The largest absolute Gasteiger partial charge is 0.465 e. The molecule has 0 aliphatic carbocycles. The third-order valence-corrected chi connectivity index (χ3v) is 6.08. The van der Waals surface area contributed by atoms with Gasteiger partial charge in [0, 0.05) is 31.1 Å². The molecule has 3 aromatic rings. The Morgan fingerprint density at radius 2 is 1.91 bits per heavy atom. The van der Waals surface area contributed by atoms with Gasteiger partial charge in [-0.1, -0.05) is 20.8 Å². The monoisotopic (exact) mass is 464 g/mol. The lowest BCUT2D eigenvalue weighted by Crippen LogP contribution is -2.36. The molecular formula is C21H22F2N4O4S. The molecule has 0 saturated carbocycles. The molecule has 1 aromatic carbocycles. The van der Waals surface area contributed by atoms with Crippen LogP contribution in [-0.2, 0) is 16.4 Å². The van der Waals surface area contributed by atoms with Gasteiger partial charge in [-0.05, 0) is 29.7 Å². The van der Waals surface area contributed by atoms with Gasteiger partial charge in [-0.25, -0.2) is 26.7 Å². The summed E-state index contributed by atoms with van der Waals surface area (Å²) in [6.07, 6.45) is 1.30. The lowest BCUT2D eigenvalue weighted by atomic mass is 9.96. The van der Waals surface area contributed by atoms with Crippen LogP contribution in [0.4, 0.5) is 13.6 Å². The number of carboxylic acid groups (broad SMARTS) is 1. The Hall–Kier alpha value is -3.34. The molecule has 0 saturated heterocycles. The van der Waals surface area contributed by atoms with Gasteiger partial charge in [0.2, 0.25) is 9.84 Å². The van der Waals surface area contributed by atoms with E-state index in [9.17, 15) is 27.1 Å².